The minimum Gasteiger partial charge on any atom is -0.392 e. The van der Waals surface area contributed by atoms with E-state index in [2.05, 4.69) is 52.0 Å². The average molecular weight is 332 g/mol. The number of fused-ring (bicyclic) bond motifs is 1. The van der Waals surface area contributed by atoms with Crippen molar-refractivity contribution in [2.75, 3.05) is 11.4 Å². The number of nitrogens with zero attached hydrogens (tertiary/aromatic N) is 1. The lowest BCUT2D eigenvalue weighted by molar-refractivity contribution is 0.282. The highest BCUT2D eigenvalue weighted by Gasteiger charge is 2.19. The fourth-order valence-electron chi connectivity index (χ4n) is 2.84. The van der Waals surface area contributed by atoms with Gasteiger partial charge in [-0.2, -0.15) is 0 Å². The smallest absolute Gasteiger partial charge is 0.0682 e. The van der Waals surface area contributed by atoms with Crippen molar-refractivity contribution in [1.29, 1.82) is 0 Å². The Morgan fingerprint density at radius 3 is 2.70 bits per heavy atom. The number of halogens is 1. The Hall–Kier alpha value is -1.32. The summed E-state index contributed by atoms with van der Waals surface area (Å²) in [5, 5.41) is 9.22. The van der Waals surface area contributed by atoms with Gasteiger partial charge in [0.15, 0.2) is 0 Å². The van der Waals surface area contributed by atoms with Crippen LogP contribution in [-0.2, 0) is 13.0 Å². The topological polar surface area (TPSA) is 23.5 Å². The van der Waals surface area contributed by atoms with E-state index in [1.807, 2.05) is 12.1 Å². The maximum atomic E-state index is 9.22. The summed E-state index contributed by atoms with van der Waals surface area (Å²) < 4.78 is 1.04. The molecule has 20 heavy (non-hydrogen) atoms. The number of aryl methyl sites for hydroxylation is 2. The number of benzene rings is 2. The molecule has 2 aromatic carbocycles. The zero-order valence-electron chi connectivity index (χ0n) is 11.6. The molecule has 0 amide bonds. The molecule has 1 aliphatic rings. The van der Waals surface area contributed by atoms with Gasteiger partial charge in [0.25, 0.3) is 0 Å². The van der Waals surface area contributed by atoms with Gasteiger partial charge in [-0.05, 0) is 65.0 Å². The summed E-state index contributed by atoms with van der Waals surface area (Å²) in [4.78, 5) is 2.36. The first-order valence-corrected chi connectivity index (χ1v) is 7.74. The van der Waals surface area contributed by atoms with Crippen molar-refractivity contribution in [2.24, 2.45) is 0 Å². The van der Waals surface area contributed by atoms with Crippen LogP contribution in [0.4, 0.5) is 11.4 Å². The molecule has 0 spiro atoms. The second-order valence-corrected chi connectivity index (χ2v) is 6.19. The summed E-state index contributed by atoms with van der Waals surface area (Å²) in [6.45, 7) is 3.26. The van der Waals surface area contributed by atoms with Gasteiger partial charge in [-0.3, -0.25) is 0 Å². The third-order valence-electron chi connectivity index (χ3n) is 3.84. The van der Waals surface area contributed by atoms with Crippen molar-refractivity contribution in [1.82, 2.24) is 0 Å². The maximum absolute atomic E-state index is 9.22. The average Bonchev–Trinajstić information content (AvgIpc) is 2.46. The lowest BCUT2D eigenvalue weighted by atomic mass is 9.99. The van der Waals surface area contributed by atoms with Gasteiger partial charge in [-0.15, -0.1) is 0 Å². The van der Waals surface area contributed by atoms with Crippen LogP contribution in [0.5, 0.6) is 0 Å². The summed E-state index contributed by atoms with van der Waals surface area (Å²) in [5.74, 6) is 0. The van der Waals surface area contributed by atoms with Crippen LogP contribution in [0.25, 0.3) is 0 Å². The molecule has 0 fully saturated rings. The molecule has 1 aliphatic heterocycles. The van der Waals surface area contributed by atoms with Crippen LogP contribution >= 0.6 is 15.9 Å². The zero-order chi connectivity index (χ0) is 14.1. The van der Waals surface area contributed by atoms with Gasteiger partial charge in [0, 0.05) is 16.7 Å². The fourth-order valence-corrected chi connectivity index (χ4v) is 3.48. The summed E-state index contributed by atoms with van der Waals surface area (Å²) in [7, 11) is 0. The molecule has 3 rings (SSSR count). The first-order chi connectivity index (χ1) is 9.69. The van der Waals surface area contributed by atoms with Crippen LogP contribution in [0.1, 0.15) is 23.1 Å². The predicted octanol–water partition coefficient (Wildman–Crippen LogP) is 4.33. The van der Waals surface area contributed by atoms with Crippen LogP contribution in [-0.4, -0.2) is 11.7 Å². The van der Waals surface area contributed by atoms with Crippen molar-refractivity contribution < 1.29 is 5.11 Å². The van der Waals surface area contributed by atoms with E-state index >= 15 is 0 Å². The normalized spacial score (nSPS) is 14.2. The second kappa shape index (κ2) is 5.58. The fraction of sp³-hybridized carbons (Fsp3) is 0.294. The Kier molecular flexibility index (Phi) is 3.81. The molecule has 0 atom stereocenters. The number of hydrogen-bond acceptors (Lipinski definition) is 2. The Balaban J connectivity index is 2.04. The molecular weight excluding hydrogens is 314 g/mol. The van der Waals surface area contributed by atoms with E-state index < -0.39 is 0 Å². The number of aliphatic hydroxyl groups is 1. The molecule has 0 unspecified atom stereocenters. The molecular formula is C17H18BrNO. The number of aliphatic hydroxyl groups excluding tert-OH is 1. The van der Waals surface area contributed by atoms with Gasteiger partial charge in [0.1, 0.15) is 0 Å². The van der Waals surface area contributed by atoms with Gasteiger partial charge >= 0.3 is 0 Å². The van der Waals surface area contributed by atoms with E-state index in [9.17, 15) is 5.11 Å². The molecule has 0 saturated heterocycles. The minimum absolute atomic E-state index is 0.0780. The highest BCUT2D eigenvalue weighted by molar-refractivity contribution is 9.10. The summed E-state index contributed by atoms with van der Waals surface area (Å²) in [6.07, 6.45) is 2.32. The lowest BCUT2D eigenvalue weighted by Gasteiger charge is -2.32. The van der Waals surface area contributed by atoms with E-state index in [4.69, 9.17) is 0 Å². The van der Waals surface area contributed by atoms with Crippen LogP contribution in [0.2, 0.25) is 0 Å². The molecule has 0 bridgehead atoms. The van der Waals surface area contributed by atoms with Gasteiger partial charge in [0.2, 0.25) is 0 Å². The summed E-state index contributed by atoms with van der Waals surface area (Å²) in [6, 6.07) is 12.8. The van der Waals surface area contributed by atoms with Crippen molar-refractivity contribution >= 4 is 27.3 Å². The molecule has 1 N–H and O–H groups in total. The molecule has 104 valence electrons. The molecule has 3 heteroatoms. The Morgan fingerprint density at radius 2 is 1.95 bits per heavy atom. The third kappa shape index (κ3) is 2.48. The van der Waals surface area contributed by atoms with Crippen LogP contribution in [0.3, 0.4) is 0 Å². The van der Waals surface area contributed by atoms with Gasteiger partial charge < -0.3 is 10.0 Å². The number of anilines is 2. The molecule has 1 heterocycles. The largest absolute Gasteiger partial charge is 0.392 e. The third-order valence-corrected chi connectivity index (χ3v) is 4.47. The van der Waals surface area contributed by atoms with E-state index in [0.29, 0.717) is 0 Å². The SMILES string of the molecule is Cc1ccc2c(c1)CCCN2c1ccc(CO)cc1Br. The van der Waals surface area contributed by atoms with Gasteiger partial charge in [-0.25, -0.2) is 0 Å². The molecule has 2 nitrogen and oxygen atoms in total. The number of rotatable bonds is 2. The molecule has 0 aliphatic carbocycles. The van der Waals surface area contributed by atoms with E-state index in [1.165, 1.54) is 28.9 Å². The molecule has 2 aromatic rings. The molecule has 0 aromatic heterocycles. The monoisotopic (exact) mass is 331 g/mol. The standard InChI is InChI=1S/C17H18BrNO/c1-12-4-6-16-14(9-12)3-2-8-19(16)17-7-5-13(11-20)10-15(17)18/h4-7,9-10,20H,2-3,8,11H2,1H3. The van der Waals surface area contributed by atoms with E-state index in [1.54, 1.807) is 0 Å². The maximum Gasteiger partial charge on any atom is 0.0682 e. The zero-order valence-corrected chi connectivity index (χ0v) is 13.2. The number of hydrogen-bond donors (Lipinski definition) is 1. The van der Waals surface area contributed by atoms with E-state index in [-0.39, 0.29) is 6.61 Å². The highest BCUT2D eigenvalue weighted by atomic mass is 79.9. The second-order valence-electron chi connectivity index (χ2n) is 5.33. The van der Waals surface area contributed by atoms with Crippen LogP contribution in [0, 0.1) is 6.92 Å². The Bertz CT molecular complexity index is 639. The van der Waals surface area contributed by atoms with Crippen molar-refractivity contribution in [3.05, 3.63) is 57.6 Å². The lowest BCUT2D eigenvalue weighted by Crippen LogP contribution is -2.24. The molecule has 0 radical (unpaired) electrons. The van der Waals surface area contributed by atoms with Crippen LogP contribution < -0.4 is 4.90 Å². The molecule has 0 saturated carbocycles. The van der Waals surface area contributed by atoms with Crippen LogP contribution in [0.15, 0.2) is 40.9 Å². The van der Waals surface area contributed by atoms with Crippen molar-refractivity contribution in [3.8, 4) is 0 Å². The summed E-state index contributed by atoms with van der Waals surface area (Å²) in [5.41, 5.74) is 6.16. The van der Waals surface area contributed by atoms with Gasteiger partial charge in [0.05, 0.1) is 12.3 Å². The Morgan fingerprint density at radius 1 is 1.15 bits per heavy atom. The van der Waals surface area contributed by atoms with Crippen molar-refractivity contribution in [2.45, 2.75) is 26.4 Å². The highest BCUT2D eigenvalue weighted by Crippen LogP contribution is 2.38. The van der Waals surface area contributed by atoms with Gasteiger partial charge in [-0.1, -0.05) is 23.8 Å². The first kappa shape index (κ1) is 13.7. The summed E-state index contributed by atoms with van der Waals surface area (Å²) >= 11 is 3.64. The van der Waals surface area contributed by atoms with Crippen molar-refractivity contribution in [3.63, 3.8) is 0 Å². The quantitative estimate of drug-likeness (QED) is 0.885. The Labute approximate surface area is 128 Å². The predicted molar refractivity (Wildman–Crippen MR) is 86.6 cm³/mol. The van der Waals surface area contributed by atoms with E-state index in [0.717, 1.165) is 23.0 Å². The first-order valence-electron chi connectivity index (χ1n) is 6.95. The minimum atomic E-state index is 0.0780.